The van der Waals surface area contributed by atoms with Crippen molar-refractivity contribution in [2.75, 3.05) is 11.5 Å². The first-order valence-corrected chi connectivity index (χ1v) is 8.94. The van der Waals surface area contributed by atoms with Crippen LogP contribution in [0.25, 0.3) is 0 Å². The standard InChI is InChI=1S/C13H19NO4S2/c1-3-19-9-8-10(2)14-20(17,18)12-6-4-11(5-7-12)13(15)16/h4-7,10,14H,3,8-9H2,1-2H3,(H,15,16). The molecule has 0 amide bonds. The summed E-state index contributed by atoms with van der Waals surface area (Å²) >= 11 is 1.76. The molecule has 5 nitrogen and oxygen atoms in total. The molecule has 112 valence electrons. The van der Waals surface area contributed by atoms with Crippen molar-refractivity contribution in [1.82, 2.24) is 4.72 Å². The number of rotatable bonds is 8. The molecule has 0 heterocycles. The van der Waals surface area contributed by atoms with Crippen LogP contribution in [0.4, 0.5) is 0 Å². The number of aromatic carboxylic acids is 1. The summed E-state index contributed by atoms with van der Waals surface area (Å²) in [5.41, 5.74) is 0.0661. The molecule has 0 fully saturated rings. The van der Waals surface area contributed by atoms with Crippen LogP contribution >= 0.6 is 11.8 Å². The highest BCUT2D eigenvalue weighted by Crippen LogP contribution is 2.12. The zero-order valence-electron chi connectivity index (χ0n) is 11.5. The van der Waals surface area contributed by atoms with E-state index in [-0.39, 0.29) is 16.5 Å². The highest BCUT2D eigenvalue weighted by molar-refractivity contribution is 7.99. The molecule has 1 aromatic rings. The Kier molecular flexibility index (Phi) is 6.51. The van der Waals surface area contributed by atoms with E-state index in [4.69, 9.17) is 5.11 Å². The van der Waals surface area contributed by atoms with Crippen LogP contribution in [0.5, 0.6) is 0 Å². The smallest absolute Gasteiger partial charge is 0.335 e. The van der Waals surface area contributed by atoms with E-state index in [1.165, 1.54) is 24.3 Å². The van der Waals surface area contributed by atoms with Gasteiger partial charge in [0.2, 0.25) is 10.0 Å². The third-order valence-corrected chi connectivity index (χ3v) is 5.21. The van der Waals surface area contributed by atoms with Gasteiger partial charge in [0.1, 0.15) is 0 Å². The number of carbonyl (C=O) groups is 1. The van der Waals surface area contributed by atoms with Crippen LogP contribution in [0.3, 0.4) is 0 Å². The molecule has 0 aliphatic heterocycles. The maximum absolute atomic E-state index is 12.1. The molecule has 0 radical (unpaired) electrons. The molecule has 0 saturated carbocycles. The van der Waals surface area contributed by atoms with Crippen molar-refractivity contribution < 1.29 is 18.3 Å². The fraction of sp³-hybridized carbons (Fsp3) is 0.462. The van der Waals surface area contributed by atoms with Gasteiger partial charge in [0.15, 0.2) is 0 Å². The summed E-state index contributed by atoms with van der Waals surface area (Å²) in [6.07, 6.45) is 0.755. The van der Waals surface area contributed by atoms with Crippen molar-refractivity contribution in [2.45, 2.75) is 31.2 Å². The first kappa shape index (κ1) is 17.0. The van der Waals surface area contributed by atoms with Crippen LogP contribution in [0.2, 0.25) is 0 Å². The van der Waals surface area contributed by atoms with Gasteiger partial charge in [-0.1, -0.05) is 6.92 Å². The van der Waals surface area contributed by atoms with Gasteiger partial charge in [-0.05, 0) is 49.1 Å². The minimum atomic E-state index is -3.59. The van der Waals surface area contributed by atoms with Gasteiger partial charge in [0.05, 0.1) is 10.5 Å². The number of nitrogens with one attached hydrogen (secondary N) is 1. The third kappa shape index (κ3) is 5.15. The second-order valence-corrected chi connectivity index (χ2v) is 7.45. The molecule has 2 N–H and O–H groups in total. The van der Waals surface area contributed by atoms with Crippen LogP contribution in [0.15, 0.2) is 29.2 Å². The summed E-state index contributed by atoms with van der Waals surface area (Å²) < 4.78 is 26.8. The number of benzene rings is 1. The number of sulfonamides is 1. The Balaban J connectivity index is 2.70. The summed E-state index contributed by atoms with van der Waals surface area (Å²) in [6, 6.07) is 5.03. The van der Waals surface area contributed by atoms with Gasteiger partial charge in [0, 0.05) is 6.04 Å². The van der Waals surface area contributed by atoms with E-state index in [0.717, 1.165) is 17.9 Å². The van der Waals surface area contributed by atoms with Gasteiger partial charge in [-0.15, -0.1) is 0 Å². The van der Waals surface area contributed by atoms with E-state index in [0.29, 0.717) is 0 Å². The second-order valence-electron chi connectivity index (χ2n) is 4.34. The zero-order chi connectivity index (χ0) is 15.2. The predicted octanol–water partition coefficient (Wildman–Crippen LogP) is 2.19. The SMILES string of the molecule is CCSCCC(C)NS(=O)(=O)c1ccc(C(=O)O)cc1. The molecule has 0 spiro atoms. The van der Waals surface area contributed by atoms with Gasteiger partial charge in [-0.2, -0.15) is 11.8 Å². The minimum Gasteiger partial charge on any atom is -0.478 e. The van der Waals surface area contributed by atoms with Crippen LogP contribution in [-0.4, -0.2) is 37.0 Å². The van der Waals surface area contributed by atoms with Gasteiger partial charge in [-0.25, -0.2) is 17.9 Å². The average molecular weight is 317 g/mol. The molecule has 0 bridgehead atoms. The number of carboxylic acids is 1. The van der Waals surface area contributed by atoms with Crippen molar-refractivity contribution in [2.24, 2.45) is 0 Å². The minimum absolute atomic E-state index is 0.0661. The van der Waals surface area contributed by atoms with Crippen molar-refractivity contribution in [3.05, 3.63) is 29.8 Å². The van der Waals surface area contributed by atoms with Crippen LogP contribution < -0.4 is 4.72 Å². The Hall–Kier alpha value is -1.05. The molecule has 20 heavy (non-hydrogen) atoms. The lowest BCUT2D eigenvalue weighted by Crippen LogP contribution is -2.33. The topological polar surface area (TPSA) is 83.5 Å². The summed E-state index contributed by atoms with van der Waals surface area (Å²) in [7, 11) is -3.59. The number of thioether (sulfide) groups is 1. The third-order valence-electron chi connectivity index (χ3n) is 2.67. The van der Waals surface area contributed by atoms with E-state index in [9.17, 15) is 13.2 Å². The summed E-state index contributed by atoms with van der Waals surface area (Å²) in [5.74, 6) is 0.834. The van der Waals surface area contributed by atoms with E-state index in [1.54, 1.807) is 11.8 Å². The van der Waals surface area contributed by atoms with Crippen molar-refractivity contribution in [1.29, 1.82) is 0 Å². The van der Waals surface area contributed by atoms with Gasteiger partial charge in [-0.3, -0.25) is 0 Å². The van der Waals surface area contributed by atoms with Crippen LogP contribution in [0, 0.1) is 0 Å². The first-order chi connectivity index (χ1) is 9.36. The molecule has 1 aromatic carbocycles. The Morgan fingerprint density at radius 3 is 2.45 bits per heavy atom. The Labute approximate surface area is 123 Å². The first-order valence-electron chi connectivity index (χ1n) is 6.30. The number of carboxylic acid groups (broad SMARTS) is 1. The average Bonchev–Trinajstić information content (AvgIpc) is 2.38. The molecular formula is C13H19NO4S2. The molecule has 0 aromatic heterocycles. The lowest BCUT2D eigenvalue weighted by molar-refractivity contribution is 0.0696. The fourth-order valence-electron chi connectivity index (χ4n) is 1.57. The molecule has 0 aliphatic carbocycles. The van der Waals surface area contributed by atoms with E-state index >= 15 is 0 Å². The summed E-state index contributed by atoms with van der Waals surface area (Å²) in [4.78, 5) is 10.8. The van der Waals surface area contributed by atoms with Crippen LogP contribution in [0.1, 0.15) is 30.6 Å². The molecule has 7 heteroatoms. The molecule has 0 aliphatic rings. The second kappa shape index (κ2) is 7.66. The predicted molar refractivity (Wildman–Crippen MR) is 80.8 cm³/mol. The van der Waals surface area contributed by atoms with Crippen molar-refractivity contribution in [3.8, 4) is 0 Å². The van der Waals surface area contributed by atoms with Crippen LogP contribution in [-0.2, 0) is 10.0 Å². The van der Waals surface area contributed by atoms with Gasteiger partial charge < -0.3 is 5.11 Å². The molecule has 0 saturated heterocycles. The molecular weight excluding hydrogens is 298 g/mol. The van der Waals surface area contributed by atoms with Crippen molar-refractivity contribution >= 4 is 27.8 Å². The van der Waals surface area contributed by atoms with Gasteiger partial charge >= 0.3 is 5.97 Å². The number of hydrogen-bond acceptors (Lipinski definition) is 4. The largest absolute Gasteiger partial charge is 0.478 e. The zero-order valence-corrected chi connectivity index (χ0v) is 13.1. The molecule has 1 rings (SSSR count). The normalized spacial score (nSPS) is 13.1. The Bertz CT molecular complexity index is 540. The highest BCUT2D eigenvalue weighted by Gasteiger charge is 2.17. The highest BCUT2D eigenvalue weighted by atomic mass is 32.2. The summed E-state index contributed by atoms with van der Waals surface area (Å²) in [5, 5.41) is 8.78. The van der Waals surface area contributed by atoms with E-state index in [2.05, 4.69) is 11.6 Å². The van der Waals surface area contributed by atoms with Gasteiger partial charge in [0.25, 0.3) is 0 Å². The maximum Gasteiger partial charge on any atom is 0.335 e. The molecule has 1 atom stereocenters. The quantitative estimate of drug-likeness (QED) is 0.718. The fourth-order valence-corrected chi connectivity index (χ4v) is 3.66. The summed E-state index contributed by atoms with van der Waals surface area (Å²) in [6.45, 7) is 3.88. The van der Waals surface area contributed by atoms with Crippen molar-refractivity contribution in [3.63, 3.8) is 0 Å². The maximum atomic E-state index is 12.1. The lowest BCUT2D eigenvalue weighted by Gasteiger charge is -2.14. The lowest BCUT2D eigenvalue weighted by atomic mass is 10.2. The molecule has 1 unspecified atom stereocenters. The van der Waals surface area contributed by atoms with E-state index < -0.39 is 16.0 Å². The number of hydrogen-bond donors (Lipinski definition) is 2. The van der Waals surface area contributed by atoms with E-state index in [1.807, 2.05) is 6.92 Å². The Morgan fingerprint density at radius 2 is 1.95 bits per heavy atom. The monoisotopic (exact) mass is 317 g/mol. The Morgan fingerprint density at radius 1 is 1.35 bits per heavy atom.